The van der Waals surface area contributed by atoms with Crippen molar-refractivity contribution in [3.05, 3.63) is 63.9 Å². The molecule has 0 saturated heterocycles. The fourth-order valence-electron chi connectivity index (χ4n) is 2.62. The number of carbonyl (C=O) groups is 2. The van der Waals surface area contributed by atoms with Crippen LogP contribution in [0.1, 0.15) is 15.9 Å². The Morgan fingerprint density at radius 1 is 1.22 bits per heavy atom. The number of carbonyl (C=O) groups excluding carboxylic acids is 2. The summed E-state index contributed by atoms with van der Waals surface area (Å²) < 4.78 is 14.5. The zero-order valence-electron chi connectivity index (χ0n) is 12.2. The summed E-state index contributed by atoms with van der Waals surface area (Å²) in [5.74, 6) is -1.41. The lowest BCUT2D eigenvalue weighted by Crippen LogP contribution is -2.39. The molecule has 2 amide bonds. The maximum atomic E-state index is 13.5. The minimum absolute atomic E-state index is 0.0638. The van der Waals surface area contributed by atoms with Crippen molar-refractivity contribution in [2.24, 2.45) is 0 Å². The maximum absolute atomic E-state index is 13.5. The van der Waals surface area contributed by atoms with E-state index in [9.17, 15) is 14.0 Å². The first kappa shape index (κ1) is 15.7. The molecular formula is C17H14BrFN2O2. The van der Waals surface area contributed by atoms with Gasteiger partial charge < -0.3 is 10.2 Å². The molecule has 0 spiro atoms. The molecule has 0 saturated carbocycles. The molecule has 23 heavy (non-hydrogen) atoms. The summed E-state index contributed by atoms with van der Waals surface area (Å²) in [5, 5.41) is 2.48. The van der Waals surface area contributed by atoms with Crippen molar-refractivity contribution in [3.63, 3.8) is 0 Å². The number of fused-ring (bicyclic) bond motifs is 1. The van der Waals surface area contributed by atoms with Crippen LogP contribution in [0.2, 0.25) is 0 Å². The van der Waals surface area contributed by atoms with Crippen LogP contribution in [0, 0.1) is 5.82 Å². The lowest BCUT2D eigenvalue weighted by molar-refractivity contribution is -0.117. The van der Waals surface area contributed by atoms with E-state index in [1.54, 1.807) is 11.0 Å². The highest BCUT2D eigenvalue weighted by molar-refractivity contribution is 9.10. The summed E-state index contributed by atoms with van der Waals surface area (Å²) in [5.41, 5.74) is 1.89. The second-order valence-corrected chi connectivity index (χ2v) is 6.15. The summed E-state index contributed by atoms with van der Waals surface area (Å²) >= 11 is 3.41. The Kier molecular flexibility index (Phi) is 4.43. The van der Waals surface area contributed by atoms with E-state index < -0.39 is 11.7 Å². The molecule has 0 fully saturated rings. The molecular weight excluding hydrogens is 363 g/mol. The topological polar surface area (TPSA) is 49.4 Å². The average Bonchev–Trinajstić information content (AvgIpc) is 2.95. The SMILES string of the molecule is O=C(NCC(=O)N1CCc2cc(Br)ccc21)c1ccccc1F. The van der Waals surface area contributed by atoms with Gasteiger partial charge >= 0.3 is 0 Å². The number of hydrogen-bond acceptors (Lipinski definition) is 2. The normalized spacial score (nSPS) is 12.9. The van der Waals surface area contributed by atoms with Crippen LogP contribution in [0.5, 0.6) is 0 Å². The molecule has 0 aliphatic carbocycles. The van der Waals surface area contributed by atoms with E-state index in [2.05, 4.69) is 21.2 Å². The number of halogens is 2. The fraction of sp³-hybridized carbons (Fsp3) is 0.176. The minimum atomic E-state index is -0.603. The van der Waals surface area contributed by atoms with Gasteiger partial charge in [-0.05, 0) is 42.3 Å². The van der Waals surface area contributed by atoms with Gasteiger partial charge in [0.15, 0.2) is 0 Å². The molecule has 0 radical (unpaired) electrons. The lowest BCUT2D eigenvalue weighted by atomic mass is 10.2. The van der Waals surface area contributed by atoms with Crippen LogP contribution in [0.15, 0.2) is 46.9 Å². The Labute approximate surface area is 141 Å². The van der Waals surface area contributed by atoms with Gasteiger partial charge in [0.2, 0.25) is 5.91 Å². The molecule has 1 N–H and O–H groups in total. The van der Waals surface area contributed by atoms with Gasteiger partial charge in [0.1, 0.15) is 5.82 Å². The third kappa shape index (κ3) is 3.27. The Bertz CT molecular complexity index is 779. The van der Waals surface area contributed by atoms with Gasteiger partial charge in [-0.2, -0.15) is 0 Å². The number of nitrogens with zero attached hydrogens (tertiary/aromatic N) is 1. The van der Waals surface area contributed by atoms with Crippen LogP contribution in [0.3, 0.4) is 0 Å². The molecule has 1 aliphatic heterocycles. The third-order valence-corrected chi connectivity index (χ3v) is 4.25. The van der Waals surface area contributed by atoms with Crippen molar-refractivity contribution in [1.82, 2.24) is 5.32 Å². The van der Waals surface area contributed by atoms with Crippen LogP contribution >= 0.6 is 15.9 Å². The third-order valence-electron chi connectivity index (χ3n) is 3.76. The molecule has 0 bridgehead atoms. The molecule has 0 aromatic heterocycles. The molecule has 2 aromatic rings. The predicted molar refractivity (Wildman–Crippen MR) is 88.9 cm³/mol. The Morgan fingerprint density at radius 3 is 2.78 bits per heavy atom. The second-order valence-electron chi connectivity index (χ2n) is 5.23. The first-order valence-corrected chi connectivity index (χ1v) is 7.97. The van der Waals surface area contributed by atoms with Gasteiger partial charge in [0.05, 0.1) is 12.1 Å². The summed E-state index contributed by atoms with van der Waals surface area (Å²) in [7, 11) is 0. The van der Waals surface area contributed by atoms with Crippen LogP contribution in [0.25, 0.3) is 0 Å². The van der Waals surface area contributed by atoms with Crippen molar-refractivity contribution in [1.29, 1.82) is 0 Å². The fourth-order valence-corrected chi connectivity index (χ4v) is 3.03. The number of rotatable bonds is 3. The molecule has 118 valence electrons. The Balaban J connectivity index is 1.65. The monoisotopic (exact) mass is 376 g/mol. The average molecular weight is 377 g/mol. The predicted octanol–water partition coefficient (Wildman–Crippen LogP) is 2.91. The van der Waals surface area contributed by atoms with Crippen molar-refractivity contribution in [3.8, 4) is 0 Å². The highest BCUT2D eigenvalue weighted by Crippen LogP contribution is 2.30. The van der Waals surface area contributed by atoms with Crippen molar-refractivity contribution >= 4 is 33.4 Å². The van der Waals surface area contributed by atoms with Crippen LogP contribution in [-0.2, 0) is 11.2 Å². The highest BCUT2D eigenvalue weighted by Gasteiger charge is 2.25. The summed E-state index contributed by atoms with van der Waals surface area (Å²) in [4.78, 5) is 25.9. The van der Waals surface area contributed by atoms with E-state index in [1.807, 2.05) is 18.2 Å². The van der Waals surface area contributed by atoms with Gasteiger partial charge in [-0.15, -0.1) is 0 Å². The number of nitrogens with one attached hydrogen (secondary N) is 1. The highest BCUT2D eigenvalue weighted by atomic mass is 79.9. The standard InChI is InChI=1S/C17H14BrFN2O2/c18-12-5-6-15-11(9-12)7-8-21(15)16(22)10-20-17(23)13-3-1-2-4-14(13)19/h1-6,9H,7-8,10H2,(H,20,23). The number of hydrogen-bond donors (Lipinski definition) is 1. The van der Waals surface area contributed by atoms with E-state index in [0.717, 1.165) is 22.1 Å². The van der Waals surface area contributed by atoms with Gasteiger partial charge in [-0.1, -0.05) is 28.1 Å². The summed E-state index contributed by atoms with van der Waals surface area (Å²) in [6, 6.07) is 11.4. The summed E-state index contributed by atoms with van der Waals surface area (Å²) in [6.45, 7) is 0.420. The zero-order chi connectivity index (χ0) is 16.4. The number of anilines is 1. The quantitative estimate of drug-likeness (QED) is 0.895. The van der Waals surface area contributed by atoms with Crippen molar-refractivity contribution in [2.75, 3.05) is 18.0 Å². The van der Waals surface area contributed by atoms with E-state index >= 15 is 0 Å². The maximum Gasteiger partial charge on any atom is 0.254 e. The summed E-state index contributed by atoms with van der Waals surface area (Å²) in [6.07, 6.45) is 0.780. The van der Waals surface area contributed by atoms with E-state index in [1.165, 1.54) is 18.2 Å². The van der Waals surface area contributed by atoms with Crippen molar-refractivity contribution < 1.29 is 14.0 Å². The first-order valence-electron chi connectivity index (χ1n) is 7.18. The lowest BCUT2D eigenvalue weighted by Gasteiger charge is -2.17. The Hall–Kier alpha value is -2.21. The molecule has 2 aromatic carbocycles. The van der Waals surface area contributed by atoms with Crippen LogP contribution in [-0.4, -0.2) is 24.9 Å². The van der Waals surface area contributed by atoms with E-state index in [4.69, 9.17) is 0 Å². The smallest absolute Gasteiger partial charge is 0.254 e. The Morgan fingerprint density at radius 2 is 2.00 bits per heavy atom. The van der Waals surface area contributed by atoms with Gasteiger partial charge in [0.25, 0.3) is 5.91 Å². The second kappa shape index (κ2) is 6.50. The van der Waals surface area contributed by atoms with Gasteiger partial charge in [-0.25, -0.2) is 4.39 Å². The van der Waals surface area contributed by atoms with E-state index in [0.29, 0.717) is 6.54 Å². The molecule has 0 unspecified atom stereocenters. The number of benzene rings is 2. The molecule has 3 rings (SSSR count). The largest absolute Gasteiger partial charge is 0.343 e. The molecule has 4 nitrogen and oxygen atoms in total. The molecule has 1 heterocycles. The number of amides is 2. The first-order chi connectivity index (χ1) is 11.1. The minimum Gasteiger partial charge on any atom is -0.343 e. The molecule has 6 heteroatoms. The van der Waals surface area contributed by atoms with Gasteiger partial charge in [-0.3, -0.25) is 9.59 Å². The molecule has 1 aliphatic rings. The van der Waals surface area contributed by atoms with Gasteiger partial charge in [0, 0.05) is 16.7 Å². The van der Waals surface area contributed by atoms with Crippen molar-refractivity contribution in [2.45, 2.75) is 6.42 Å². The van der Waals surface area contributed by atoms with Crippen LogP contribution < -0.4 is 10.2 Å². The molecule has 0 atom stereocenters. The van der Waals surface area contributed by atoms with E-state index in [-0.39, 0.29) is 18.0 Å². The van der Waals surface area contributed by atoms with Crippen LogP contribution in [0.4, 0.5) is 10.1 Å². The zero-order valence-corrected chi connectivity index (χ0v) is 13.8.